The molecule has 1 unspecified atom stereocenters. The normalized spacial score (nSPS) is 22.7. The molecule has 1 aliphatic rings. The lowest BCUT2D eigenvalue weighted by Gasteiger charge is -2.22. The predicted molar refractivity (Wildman–Crippen MR) is 52.0 cm³/mol. The van der Waals surface area contributed by atoms with E-state index >= 15 is 0 Å². The predicted octanol–water partition coefficient (Wildman–Crippen LogP) is -0.279. The zero-order valence-corrected chi connectivity index (χ0v) is 8.18. The van der Waals surface area contributed by atoms with Crippen LogP contribution in [0.1, 0.15) is 32.6 Å². The Morgan fingerprint density at radius 2 is 2.08 bits per heavy atom. The molecule has 76 valence electrons. The van der Waals surface area contributed by atoms with Gasteiger partial charge >= 0.3 is 0 Å². The van der Waals surface area contributed by atoms with Crippen molar-refractivity contribution >= 4 is 5.91 Å². The van der Waals surface area contributed by atoms with Crippen molar-refractivity contribution in [2.75, 3.05) is 6.54 Å². The fourth-order valence-corrected chi connectivity index (χ4v) is 1.66. The van der Waals surface area contributed by atoms with Gasteiger partial charge in [-0.15, -0.1) is 0 Å². The number of nitrogens with one attached hydrogen (secondary N) is 1. The van der Waals surface area contributed by atoms with Crippen LogP contribution in [-0.4, -0.2) is 24.0 Å². The Labute approximate surface area is 79.0 Å². The first-order valence-corrected chi connectivity index (χ1v) is 4.87. The Morgan fingerprint density at radius 3 is 2.54 bits per heavy atom. The minimum Gasteiger partial charge on any atom is -0.353 e. The van der Waals surface area contributed by atoms with Crippen molar-refractivity contribution < 1.29 is 4.79 Å². The molecule has 0 aromatic heterocycles. The minimum absolute atomic E-state index is 0.00560. The van der Waals surface area contributed by atoms with E-state index in [4.69, 9.17) is 11.5 Å². The van der Waals surface area contributed by atoms with E-state index in [2.05, 4.69) is 5.32 Å². The smallest absolute Gasteiger partial charge is 0.240 e. The molecule has 1 aliphatic carbocycles. The third kappa shape index (κ3) is 2.67. The highest BCUT2D eigenvalue weighted by Crippen LogP contribution is 2.26. The summed E-state index contributed by atoms with van der Waals surface area (Å²) in [6.45, 7) is 2.37. The summed E-state index contributed by atoms with van der Waals surface area (Å²) >= 11 is 0. The van der Waals surface area contributed by atoms with Gasteiger partial charge in [-0.2, -0.15) is 0 Å². The van der Waals surface area contributed by atoms with Crippen LogP contribution < -0.4 is 16.8 Å². The van der Waals surface area contributed by atoms with Crippen LogP contribution in [-0.2, 0) is 4.79 Å². The molecule has 4 nitrogen and oxygen atoms in total. The van der Waals surface area contributed by atoms with Crippen LogP contribution in [0.2, 0.25) is 0 Å². The number of rotatable bonds is 3. The van der Waals surface area contributed by atoms with Gasteiger partial charge in [-0.1, -0.05) is 12.8 Å². The van der Waals surface area contributed by atoms with E-state index in [9.17, 15) is 4.79 Å². The monoisotopic (exact) mass is 185 g/mol. The number of hydrogen-bond donors (Lipinski definition) is 3. The fourth-order valence-electron chi connectivity index (χ4n) is 1.66. The Kier molecular flexibility index (Phi) is 3.27. The van der Waals surface area contributed by atoms with Crippen LogP contribution in [0.3, 0.4) is 0 Å². The Bertz CT molecular complexity index is 185. The molecular weight excluding hydrogens is 166 g/mol. The summed E-state index contributed by atoms with van der Waals surface area (Å²) in [5, 5.41) is 2.78. The van der Waals surface area contributed by atoms with Crippen molar-refractivity contribution in [3.63, 3.8) is 0 Å². The Morgan fingerprint density at radius 1 is 1.54 bits per heavy atom. The average molecular weight is 185 g/mol. The van der Waals surface area contributed by atoms with Crippen LogP contribution in [0.15, 0.2) is 0 Å². The van der Waals surface area contributed by atoms with Gasteiger partial charge in [-0.3, -0.25) is 4.79 Å². The van der Waals surface area contributed by atoms with Crippen molar-refractivity contribution in [1.29, 1.82) is 0 Å². The molecule has 0 radical (unpaired) electrons. The van der Waals surface area contributed by atoms with Gasteiger partial charge in [0.05, 0.1) is 5.54 Å². The number of hydrogen-bond acceptors (Lipinski definition) is 3. The van der Waals surface area contributed by atoms with E-state index in [1.165, 1.54) is 0 Å². The summed E-state index contributed by atoms with van der Waals surface area (Å²) in [7, 11) is 0. The minimum atomic E-state index is -0.616. The highest BCUT2D eigenvalue weighted by molar-refractivity contribution is 5.86. The second-order valence-corrected chi connectivity index (χ2v) is 4.05. The van der Waals surface area contributed by atoms with E-state index in [1.54, 1.807) is 0 Å². The van der Waals surface area contributed by atoms with Gasteiger partial charge in [0.2, 0.25) is 5.91 Å². The lowest BCUT2D eigenvalue weighted by molar-refractivity contribution is -0.126. The summed E-state index contributed by atoms with van der Waals surface area (Å²) in [4.78, 5) is 11.6. The molecule has 4 heteroatoms. The lowest BCUT2D eigenvalue weighted by Crippen LogP contribution is -2.53. The number of amides is 1. The highest BCUT2D eigenvalue weighted by Gasteiger charge is 2.36. The highest BCUT2D eigenvalue weighted by atomic mass is 16.2. The standard InChI is InChI=1S/C9H19N3O/c1-7(10)6-12-8(13)9(11)4-2-3-5-9/h7H,2-6,10-11H2,1H3,(H,12,13). The number of carbonyl (C=O) groups is 1. The van der Waals surface area contributed by atoms with Crippen LogP contribution in [0.4, 0.5) is 0 Å². The van der Waals surface area contributed by atoms with E-state index in [-0.39, 0.29) is 11.9 Å². The second-order valence-electron chi connectivity index (χ2n) is 4.05. The molecule has 0 aromatic carbocycles. The zero-order chi connectivity index (χ0) is 9.90. The van der Waals surface area contributed by atoms with Crippen LogP contribution >= 0.6 is 0 Å². The molecule has 0 heterocycles. The molecule has 5 N–H and O–H groups in total. The van der Waals surface area contributed by atoms with E-state index < -0.39 is 5.54 Å². The molecule has 0 saturated heterocycles. The van der Waals surface area contributed by atoms with Crippen molar-refractivity contribution in [3.05, 3.63) is 0 Å². The van der Waals surface area contributed by atoms with Crippen LogP contribution in [0, 0.1) is 0 Å². The molecule has 0 aromatic rings. The topological polar surface area (TPSA) is 81.1 Å². The maximum Gasteiger partial charge on any atom is 0.240 e. The molecule has 0 aliphatic heterocycles. The van der Waals surface area contributed by atoms with Gasteiger partial charge in [0.15, 0.2) is 0 Å². The molecule has 1 rings (SSSR count). The quantitative estimate of drug-likeness (QED) is 0.565. The summed E-state index contributed by atoms with van der Waals surface area (Å²) < 4.78 is 0. The summed E-state index contributed by atoms with van der Waals surface area (Å²) in [6, 6.07) is -0.00560. The molecule has 1 atom stereocenters. The number of carbonyl (C=O) groups excluding carboxylic acids is 1. The number of nitrogens with two attached hydrogens (primary N) is 2. The van der Waals surface area contributed by atoms with Crippen molar-refractivity contribution in [2.24, 2.45) is 11.5 Å². The molecule has 13 heavy (non-hydrogen) atoms. The van der Waals surface area contributed by atoms with Gasteiger partial charge in [0.1, 0.15) is 0 Å². The van der Waals surface area contributed by atoms with Gasteiger partial charge in [0, 0.05) is 12.6 Å². The third-order valence-electron chi connectivity index (χ3n) is 2.53. The zero-order valence-electron chi connectivity index (χ0n) is 8.18. The van der Waals surface area contributed by atoms with E-state index in [0.717, 1.165) is 25.7 Å². The average Bonchev–Trinajstić information content (AvgIpc) is 2.49. The summed E-state index contributed by atoms with van der Waals surface area (Å²) in [5.74, 6) is -0.0395. The lowest BCUT2D eigenvalue weighted by atomic mass is 9.98. The second kappa shape index (κ2) is 4.07. The van der Waals surface area contributed by atoms with E-state index in [1.807, 2.05) is 6.92 Å². The molecule has 0 bridgehead atoms. The first-order valence-electron chi connectivity index (χ1n) is 4.87. The van der Waals surface area contributed by atoms with Gasteiger partial charge in [0.25, 0.3) is 0 Å². The molecule has 1 saturated carbocycles. The molecule has 0 spiro atoms. The first-order chi connectivity index (χ1) is 6.04. The molecule has 1 fully saturated rings. The maximum atomic E-state index is 11.6. The molecular formula is C9H19N3O. The van der Waals surface area contributed by atoms with Crippen LogP contribution in [0.25, 0.3) is 0 Å². The molecule has 1 amide bonds. The Hall–Kier alpha value is -0.610. The fraction of sp³-hybridized carbons (Fsp3) is 0.889. The first kappa shape index (κ1) is 10.5. The largest absolute Gasteiger partial charge is 0.353 e. The summed E-state index contributed by atoms with van der Waals surface area (Å²) in [5.41, 5.74) is 10.8. The van der Waals surface area contributed by atoms with Gasteiger partial charge in [-0.25, -0.2) is 0 Å². The van der Waals surface area contributed by atoms with Crippen molar-refractivity contribution in [1.82, 2.24) is 5.32 Å². The Balaban J connectivity index is 2.38. The maximum absolute atomic E-state index is 11.6. The van der Waals surface area contributed by atoms with Gasteiger partial charge in [-0.05, 0) is 19.8 Å². The van der Waals surface area contributed by atoms with Crippen LogP contribution in [0.5, 0.6) is 0 Å². The van der Waals surface area contributed by atoms with Gasteiger partial charge < -0.3 is 16.8 Å². The summed E-state index contributed by atoms with van der Waals surface area (Å²) in [6.07, 6.45) is 3.72. The third-order valence-corrected chi connectivity index (χ3v) is 2.53. The van der Waals surface area contributed by atoms with Crippen molar-refractivity contribution in [2.45, 2.75) is 44.2 Å². The van der Waals surface area contributed by atoms with E-state index in [0.29, 0.717) is 6.54 Å². The van der Waals surface area contributed by atoms with Crippen molar-refractivity contribution in [3.8, 4) is 0 Å². The SMILES string of the molecule is CC(N)CNC(=O)C1(N)CCCC1.